The van der Waals surface area contributed by atoms with E-state index in [1.807, 2.05) is 24.3 Å². The molecule has 0 aliphatic rings. The van der Waals surface area contributed by atoms with Crippen molar-refractivity contribution in [2.45, 2.75) is 0 Å². The molecule has 3 aromatic rings. The van der Waals surface area contributed by atoms with E-state index in [4.69, 9.17) is 0 Å². The predicted molar refractivity (Wildman–Crippen MR) is 83.9 cm³/mol. The normalized spacial score (nSPS) is 11.0. The van der Waals surface area contributed by atoms with Gasteiger partial charge in [-0.2, -0.15) is 5.10 Å². The molecule has 0 atom stereocenters. The number of nitrogens with one attached hydrogen (secondary N) is 1. The Bertz CT molecular complexity index is 795. The Balaban J connectivity index is 1.74. The molecule has 0 saturated heterocycles. The van der Waals surface area contributed by atoms with Gasteiger partial charge in [-0.05, 0) is 12.1 Å². The number of nitrogens with zero attached hydrogens (tertiary/aromatic N) is 3. The van der Waals surface area contributed by atoms with Crippen molar-refractivity contribution in [1.82, 2.24) is 4.98 Å². The Morgan fingerprint density at radius 3 is 2.90 bits per heavy atom. The highest BCUT2D eigenvalue weighted by Gasteiger charge is 2.04. The number of rotatable bonds is 4. The van der Waals surface area contributed by atoms with Crippen molar-refractivity contribution in [3.63, 3.8) is 0 Å². The summed E-state index contributed by atoms with van der Waals surface area (Å²) in [4.78, 5) is 14.6. The van der Waals surface area contributed by atoms with Crippen molar-refractivity contribution < 1.29 is 4.92 Å². The van der Waals surface area contributed by atoms with Crippen molar-refractivity contribution in [3.05, 3.63) is 64.2 Å². The van der Waals surface area contributed by atoms with E-state index in [1.54, 1.807) is 12.1 Å². The second-order valence-electron chi connectivity index (χ2n) is 4.21. The fourth-order valence-electron chi connectivity index (χ4n) is 1.80. The maximum absolute atomic E-state index is 10.7. The standard InChI is InChI=1S/C14H10N4O2S/c19-18(20)11-5-3-4-10(8-11)9-15-17-14-16-12-6-1-2-7-13(12)21-14/h1-9H,(H,16,17)/b15-9-. The zero-order valence-corrected chi connectivity index (χ0v) is 11.6. The monoisotopic (exact) mass is 298 g/mol. The summed E-state index contributed by atoms with van der Waals surface area (Å²) in [5.74, 6) is 0. The molecule has 3 rings (SSSR count). The first-order valence-corrected chi connectivity index (χ1v) is 6.93. The van der Waals surface area contributed by atoms with Gasteiger partial charge >= 0.3 is 0 Å². The van der Waals surface area contributed by atoms with Crippen molar-refractivity contribution in [2.24, 2.45) is 5.10 Å². The van der Waals surface area contributed by atoms with E-state index < -0.39 is 4.92 Å². The van der Waals surface area contributed by atoms with E-state index in [2.05, 4.69) is 15.5 Å². The lowest BCUT2D eigenvalue weighted by atomic mass is 10.2. The molecular formula is C14H10N4O2S. The molecule has 0 spiro atoms. The van der Waals surface area contributed by atoms with Crippen molar-refractivity contribution >= 4 is 38.6 Å². The minimum Gasteiger partial charge on any atom is -0.258 e. The summed E-state index contributed by atoms with van der Waals surface area (Å²) in [6, 6.07) is 14.1. The number of anilines is 1. The SMILES string of the molecule is O=[N+]([O-])c1cccc(/C=N\Nc2nc3ccccc3s2)c1. The summed E-state index contributed by atoms with van der Waals surface area (Å²) >= 11 is 1.50. The third kappa shape index (κ3) is 3.03. The highest BCUT2D eigenvalue weighted by atomic mass is 32.1. The smallest absolute Gasteiger partial charge is 0.258 e. The lowest BCUT2D eigenvalue weighted by molar-refractivity contribution is -0.384. The Hall–Kier alpha value is -2.80. The van der Waals surface area contributed by atoms with Crippen molar-refractivity contribution in [2.75, 3.05) is 5.43 Å². The van der Waals surface area contributed by atoms with Gasteiger partial charge in [0.05, 0.1) is 21.4 Å². The molecule has 0 saturated carbocycles. The van der Waals surface area contributed by atoms with Crippen LogP contribution in [0, 0.1) is 10.1 Å². The molecule has 0 unspecified atom stereocenters. The largest absolute Gasteiger partial charge is 0.270 e. The van der Waals surface area contributed by atoms with E-state index >= 15 is 0 Å². The average molecular weight is 298 g/mol. The van der Waals surface area contributed by atoms with Gasteiger partial charge in [0.2, 0.25) is 5.13 Å². The molecule has 0 fully saturated rings. The van der Waals surface area contributed by atoms with Crippen LogP contribution in [0.25, 0.3) is 10.2 Å². The summed E-state index contributed by atoms with van der Waals surface area (Å²) < 4.78 is 1.07. The molecule has 6 nitrogen and oxygen atoms in total. The number of hydrogen-bond acceptors (Lipinski definition) is 6. The quantitative estimate of drug-likeness (QED) is 0.453. The van der Waals surface area contributed by atoms with E-state index in [0.29, 0.717) is 10.7 Å². The first kappa shape index (κ1) is 13.2. The van der Waals surface area contributed by atoms with Crippen LogP contribution in [0.5, 0.6) is 0 Å². The number of non-ortho nitro benzene ring substituents is 1. The summed E-state index contributed by atoms with van der Waals surface area (Å²) in [6.45, 7) is 0. The van der Waals surface area contributed by atoms with Gasteiger partial charge in [-0.15, -0.1) is 0 Å². The van der Waals surface area contributed by atoms with Crippen LogP contribution in [0.15, 0.2) is 53.6 Å². The Morgan fingerprint density at radius 2 is 2.10 bits per heavy atom. The van der Waals surface area contributed by atoms with Gasteiger partial charge in [-0.3, -0.25) is 15.5 Å². The van der Waals surface area contributed by atoms with Crippen LogP contribution in [0.3, 0.4) is 0 Å². The van der Waals surface area contributed by atoms with E-state index in [0.717, 1.165) is 10.2 Å². The molecule has 1 heterocycles. The first-order valence-electron chi connectivity index (χ1n) is 6.11. The molecule has 7 heteroatoms. The van der Waals surface area contributed by atoms with Gasteiger partial charge in [0, 0.05) is 17.7 Å². The molecule has 0 radical (unpaired) electrons. The predicted octanol–water partition coefficient (Wildman–Crippen LogP) is 3.65. The second kappa shape index (κ2) is 5.68. The van der Waals surface area contributed by atoms with Gasteiger partial charge in [0.15, 0.2) is 0 Å². The Labute approximate surface area is 123 Å². The number of hydrazone groups is 1. The maximum Gasteiger partial charge on any atom is 0.270 e. The van der Waals surface area contributed by atoms with Crippen LogP contribution < -0.4 is 5.43 Å². The number of thiazole rings is 1. The van der Waals surface area contributed by atoms with Crippen LogP contribution in [0.2, 0.25) is 0 Å². The molecule has 0 amide bonds. The van der Waals surface area contributed by atoms with Crippen LogP contribution in [0.1, 0.15) is 5.56 Å². The number of nitro benzene ring substituents is 1. The maximum atomic E-state index is 10.7. The van der Waals surface area contributed by atoms with Gasteiger partial charge < -0.3 is 0 Å². The minimum absolute atomic E-state index is 0.0407. The van der Waals surface area contributed by atoms with Crippen LogP contribution in [-0.4, -0.2) is 16.1 Å². The average Bonchev–Trinajstić information content (AvgIpc) is 2.90. The number of fused-ring (bicyclic) bond motifs is 1. The highest BCUT2D eigenvalue weighted by Crippen LogP contribution is 2.25. The van der Waals surface area contributed by atoms with E-state index in [9.17, 15) is 10.1 Å². The first-order chi connectivity index (χ1) is 10.2. The molecule has 21 heavy (non-hydrogen) atoms. The summed E-state index contributed by atoms with van der Waals surface area (Å²) in [7, 11) is 0. The van der Waals surface area contributed by atoms with Gasteiger partial charge in [0.25, 0.3) is 5.69 Å². The number of para-hydroxylation sites is 1. The van der Waals surface area contributed by atoms with E-state index in [-0.39, 0.29) is 5.69 Å². The minimum atomic E-state index is -0.432. The van der Waals surface area contributed by atoms with Crippen LogP contribution in [0.4, 0.5) is 10.8 Å². The van der Waals surface area contributed by atoms with Gasteiger partial charge in [0.1, 0.15) is 0 Å². The van der Waals surface area contributed by atoms with Crippen molar-refractivity contribution in [1.29, 1.82) is 0 Å². The molecule has 0 bridgehead atoms. The summed E-state index contributed by atoms with van der Waals surface area (Å²) in [5, 5.41) is 15.4. The summed E-state index contributed by atoms with van der Waals surface area (Å²) in [5.41, 5.74) is 4.44. The highest BCUT2D eigenvalue weighted by molar-refractivity contribution is 7.22. The Kier molecular flexibility index (Phi) is 3.57. The second-order valence-corrected chi connectivity index (χ2v) is 5.24. The zero-order valence-electron chi connectivity index (χ0n) is 10.8. The zero-order chi connectivity index (χ0) is 14.7. The van der Waals surface area contributed by atoms with Crippen molar-refractivity contribution in [3.8, 4) is 0 Å². The fourth-order valence-corrected chi connectivity index (χ4v) is 2.62. The lowest BCUT2D eigenvalue weighted by Crippen LogP contribution is -1.92. The lowest BCUT2D eigenvalue weighted by Gasteiger charge is -1.95. The molecule has 0 aliphatic heterocycles. The van der Waals surface area contributed by atoms with Gasteiger partial charge in [-0.1, -0.05) is 35.6 Å². The third-order valence-electron chi connectivity index (χ3n) is 2.75. The number of nitro groups is 1. The molecule has 2 aromatic carbocycles. The van der Waals surface area contributed by atoms with Crippen LogP contribution >= 0.6 is 11.3 Å². The Morgan fingerprint density at radius 1 is 1.24 bits per heavy atom. The van der Waals surface area contributed by atoms with Gasteiger partial charge in [-0.25, -0.2) is 4.98 Å². The third-order valence-corrected chi connectivity index (χ3v) is 3.69. The fraction of sp³-hybridized carbons (Fsp3) is 0. The van der Waals surface area contributed by atoms with E-state index in [1.165, 1.54) is 29.7 Å². The van der Waals surface area contributed by atoms with Crippen LogP contribution in [-0.2, 0) is 0 Å². The molecule has 1 aromatic heterocycles. The summed E-state index contributed by atoms with van der Waals surface area (Å²) in [6.07, 6.45) is 1.53. The molecule has 0 aliphatic carbocycles. The molecule has 1 N–H and O–H groups in total. The molecule has 104 valence electrons. The number of aromatic nitrogens is 1. The topological polar surface area (TPSA) is 80.4 Å². The molecular weight excluding hydrogens is 288 g/mol. The number of hydrogen-bond donors (Lipinski definition) is 1. The number of benzene rings is 2.